The number of fused-ring (bicyclic) bond motifs is 2. The Kier molecular flexibility index (Phi) is 7.84. The average molecular weight is 625 g/mol. The van der Waals surface area contributed by atoms with Crippen molar-refractivity contribution in [2.24, 2.45) is 0 Å². The van der Waals surface area contributed by atoms with E-state index in [1.165, 1.54) is 29.2 Å². The van der Waals surface area contributed by atoms with Crippen LogP contribution in [0.2, 0.25) is 0 Å². The third-order valence-electron chi connectivity index (χ3n) is 6.48. The van der Waals surface area contributed by atoms with E-state index in [9.17, 15) is 23.2 Å². The van der Waals surface area contributed by atoms with Crippen molar-refractivity contribution < 1.29 is 37.0 Å². The maximum absolute atomic E-state index is 13.7. The number of likely N-dealkylation sites (N-methyl/N-ethyl adjacent to an activating group) is 1. The van der Waals surface area contributed by atoms with E-state index in [0.29, 0.717) is 11.3 Å². The van der Waals surface area contributed by atoms with E-state index in [-0.39, 0.29) is 46.2 Å². The molecule has 0 bridgehead atoms. The summed E-state index contributed by atoms with van der Waals surface area (Å²) in [6.45, 7) is 12.5. The smallest absolute Gasteiger partial charge is 0.488 e. The van der Waals surface area contributed by atoms with Gasteiger partial charge in [-0.1, -0.05) is 12.1 Å². The molecule has 45 heavy (non-hydrogen) atoms. The molecule has 0 unspecified atom stereocenters. The monoisotopic (exact) mass is 624 g/mol. The molecule has 0 atom stereocenters. The van der Waals surface area contributed by atoms with Crippen LogP contribution in [0.5, 0.6) is 17.2 Å². The average Bonchev–Trinajstić information content (AvgIpc) is 3.49. The van der Waals surface area contributed by atoms with Crippen molar-refractivity contribution in [1.29, 1.82) is 0 Å². The summed E-state index contributed by atoms with van der Waals surface area (Å²) in [5, 5.41) is 7.37. The Morgan fingerprint density at radius 3 is 2.40 bits per heavy atom. The highest BCUT2D eigenvalue weighted by atomic mass is 19.3. The second-order valence-electron chi connectivity index (χ2n) is 12.5. The lowest BCUT2D eigenvalue weighted by Crippen LogP contribution is -2.40. The molecule has 4 aromatic rings. The Hall–Kier alpha value is -4.94. The molecule has 1 N–H and O–H groups in total. The summed E-state index contributed by atoms with van der Waals surface area (Å²) in [4.78, 5) is 41.6. The number of halogens is 2. The summed E-state index contributed by atoms with van der Waals surface area (Å²) in [7, 11) is 0. The first-order valence-electron chi connectivity index (χ1n) is 14.3. The van der Waals surface area contributed by atoms with Crippen LogP contribution in [-0.4, -0.2) is 45.6 Å². The third kappa shape index (κ3) is 6.92. The molecule has 2 aromatic heterocycles. The summed E-state index contributed by atoms with van der Waals surface area (Å²) < 4.78 is 49.1. The van der Waals surface area contributed by atoms with Gasteiger partial charge in [-0.25, -0.2) is 4.68 Å². The molecule has 0 aliphatic carbocycles. The first kappa shape index (κ1) is 31.5. The number of ether oxygens (including phenoxy) is 3. The zero-order valence-electron chi connectivity index (χ0n) is 26.0. The third-order valence-corrected chi connectivity index (χ3v) is 6.48. The summed E-state index contributed by atoms with van der Waals surface area (Å²) >= 11 is 0. The molecular weight excluding hydrogens is 590 g/mol. The summed E-state index contributed by atoms with van der Waals surface area (Å²) in [6, 6.07) is 12.3. The Balaban J connectivity index is 1.57. The number of alkyl halides is 2. The van der Waals surface area contributed by atoms with Crippen molar-refractivity contribution in [3.63, 3.8) is 0 Å². The molecule has 2 amide bonds. The van der Waals surface area contributed by atoms with Gasteiger partial charge in [-0.3, -0.25) is 14.4 Å². The Morgan fingerprint density at radius 2 is 1.73 bits per heavy atom. The van der Waals surface area contributed by atoms with Gasteiger partial charge in [-0.15, -0.1) is 8.78 Å². The molecule has 1 aliphatic rings. The second-order valence-corrected chi connectivity index (χ2v) is 12.5. The van der Waals surface area contributed by atoms with E-state index in [1.807, 2.05) is 41.5 Å². The number of hydrogen-bond donors (Lipinski definition) is 1. The van der Waals surface area contributed by atoms with E-state index >= 15 is 0 Å². The van der Waals surface area contributed by atoms with Crippen LogP contribution in [0.25, 0.3) is 22.2 Å². The predicted molar refractivity (Wildman–Crippen MR) is 162 cm³/mol. The number of nitrogens with zero attached hydrogens (tertiary/aromatic N) is 3. The second kappa shape index (κ2) is 11.2. The molecule has 5 rings (SSSR count). The highest BCUT2D eigenvalue weighted by molar-refractivity contribution is 5.99. The highest BCUT2D eigenvalue weighted by Gasteiger charge is 2.43. The summed E-state index contributed by atoms with van der Waals surface area (Å²) in [5.41, 5.74) is -0.679. The molecule has 1 aliphatic heterocycles. The van der Waals surface area contributed by atoms with Crippen molar-refractivity contribution in [3.05, 3.63) is 64.6 Å². The van der Waals surface area contributed by atoms with Gasteiger partial charge in [0.2, 0.25) is 5.91 Å². The molecule has 0 radical (unpaired) electrons. The number of anilines is 1. The van der Waals surface area contributed by atoms with Crippen LogP contribution >= 0.6 is 0 Å². The molecule has 0 saturated carbocycles. The lowest BCUT2D eigenvalue weighted by Gasteiger charge is -2.22. The Labute approximate surface area is 257 Å². The van der Waals surface area contributed by atoms with Crippen LogP contribution in [0.1, 0.15) is 59.0 Å². The number of rotatable bonds is 7. The van der Waals surface area contributed by atoms with E-state index in [4.69, 9.17) is 9.15 Å². The maximum atomic E-state index is 13.7. The predicted octanol–water partition coefficient (Wildman–Crippen LogP) is 5.74. The van der Waals surface area contributed by atoms with Crippen LogP contribution in [0.15, 0.2) is 57.7 Å². The molecule has 13 heteroatoms. The van der Waals surface area contributed by atoms with Crippen molar-refractivity contribution >= 4 is 28.5 Å². The molecule has 0 spiro atoms. The number of aromatic nitrogens is 2. The number of nitrogens with one attached hydrogen (secondary N) is 1. The van der Waals surface area contributed by atoms with E-state index in [0.717, 1.165) is 4.68 Å². The molecule has 0 fully saturated rings. The highest BCUT2D eigenvalue weighted by Crippen LogP contribution is 2.43. The fourth-order valence-corrected chi connectivity index (χ4v) is 4.77. The lowest BCUT2D eigenvalue weighted by atomic mass is 10.1. The summed E-state index contributed by atoms with van der Waals surface area (Å²) in [6.07, 6.45) is -3.81. The molecule has 0 saturated heterocycles. The van der Waals surface area contributed by atoms with Crippen molar-refractivity contribution in [2.75, 3.05) is 11.4 Å². The van der Waals surface area contributed by atoms with Crippen LogP contribution in [0, 0.1) is 0 Å². The van der Waals surface area contributed by atoms with Crippen molar-refractivity contribution in [1.82, 2.24) is 15.1 Å². The van der Waals surface area contributed by atoms with Gasteiger partial charge in [0, 0.05) is 35.5 Å². The van der Waals surface area contributed by atoms with E-state index in [1.54, 1.807) is 31.2 Å². The zero-order chi connectivity index (χ0) is 32.9. The minimum atomic E-state index is -3.81. The van der Waals surface area contributed by atoms with Gasteiger partial charge in [0.25, 0.3) is 11.5 Å². The number of carbonyl (C=O) groups is 2. The normalized spacial score (nSPS) is 14.0. The first-order chi connectivity index (χ1) is 20.9. The van der Waals surface area contributed by atoms with Gasteiger partial charge in [0.1, 0.15) is 23.6 Å². The van der Waals surface area contributed by atoms with Crippen LogP contribution in [0.4, 0.5) is 14.5 Å². The van der Waals surface area contributed by atoms with Gasteiger partial charge in [-0.2, -0.15) is 5.10 Å². The van der Waals surface area contributed by atoms with Gasteiger partial charge in [-0.05, 0) is 72.7 Å². The standard InChI is InChI=1S/C32H34F2N4O7/c1-8-37(19-12-13-22-23(15-19)45-32(33,34)44-22)25(39)17-38-29(41)21-16-24(28(40)35-30(2,3)4)42-27(21)26(36-38)18-10-9-11-20(14-18)43-31(5,6)7/h9-16H,8,17H2,1-7H3,(H,35,40). The minimum absolute atomic E-state index is 0.0439. The molecule has 2 aromatic carbocycles. The van der Waals surface area contributed by atoms with Gasteiger partial charge >= 0.3 is 6.29 Å². The fourth-order valence-electron chi connectivity index (χ4n) is 4.77. The first-order valence-corrected chi connectivity index (χ1v) is 14.3. The number of carbonyl (C=O) groups excluding carboxylic acids is 2. The van der Waals surface area contributed by atoms with Gasteiger partial charge in [0.15, 0.2) is 22.8 Å². The SMILES string of the molecule is CCN(C(=O)Cn1nc(-c2cccc(OC(C)(C)C)c2)c2oc(C(=O)NC(C)(C)C)cc2c1=O)c1ccc2c(c1)OC(F)(F)O2. The molecule has 11 nitrogen and oxygen atoms in total. The van der Waals surface area contributed by atoms with Crippen molar-refractivity contribution in [2.45, 2.75) is 72.4 Å². The van der Waals surface area contributed by atoms with E-state index < -0.39 is 41.4 Å². The molecule has 238 valence electrons. The topological polar surface area (TPSA) is 125 Å². The maximum Gasteiger partial charge on any atom is 0.586 e. The van der Waals surface area contributed by atoms with E-state index in [2.05, 4.69) is 19.9 Å². The largest absolute Gasteiger partial charge is 0.586 e. The number of hydrogen-bond acceptors (Lipinski definition) is 8. The van der Waals surface area contributed by atoms with Crippen LogP contribution in [0.3, 0.4) is 0 Å². The number of furan rings is 1. The Morgan fingerprint density at radius 1 is 1.02 bits per heavy atom. The fraction of sp³-hybridized carbons (Fsp3) is 0.375. The lowest BCUT2D eigenvalue weighted by molar-refractivity contribution is -0.286. The molecule has 3 heterocycles. The molecular formula is C32H34F2N4O7. The van der Waals surface area contributed by atoms with Gasteiger partial charge in [0.05, 0.1) is 5.39 Å². The quantitative estimate of drug-likeness (QED) is 0.276. The van der Waals surface area contributed by atoms with Crippen LogP contribution < -0.4 is 30.0 Å². The number of benzene rings is 2. The number of amides is 2. The van der Waals surface area contributed by atoms with Gasteiger partial charge < -0.3 is 28.8 Å². The Bertz CT molecular complexity index is 1850. The van der Waals surface area contributed by atoms with Crippen molar-refractivity contribution in [3.8, 4) is 28.5 Å². The minimum Gasteiger partial charge on any atom is -0.488 e. The summed E-state index contributed by atoms with van der Waals surface area (Å²) in [5.74, 6) is -1.03. The van der Waals surface area contributed by atoms with Crippen LogP contribution in [-0.2, 0) is 11.3 Å². The zero-order valence-corrected chi connectivity index (χ0v) is 26.0.